The predicted octanol–water partition coefficient (Wildman–Crippen LogP) is 2.88. The SMILES string of the molecule is COc1ccc(CCNC(=O)N2CCCC23CN(C(=O)c2cc4c(Cl)ncnc4n2C)C3)cc1OC. The first-order chi connectivity index (χ1) is 17.4. The quantitative estimate of drug-likeness (QED) is 0.510. The Hall–Kier alpha value is -3.53. The number of benzene rings is 1. The van der Waals surface area contributed by atoms with Crippen LogP contribution in [0, 0.1) is 0 Å². The van der Waals surface area contributed by atoms with Gasteiger partial charge in [-0.15, -0.1) is 0 Å². The monoisotopic (exact) mass is 512 g/mol. The van der Waals surface area contributed by atoms with Crippen LogP contribution in [0.2, 0.25) is 5.15 Å². The van der Waals surface area contributed by atoms with E-state index in [2.05, 4.69) is 15.3 Å². The second-order valence-corrected chi connectivity index (χ2v) is 9.66. The van der Waals surface area contributed by atoms with Gasteiger partial charge in [0.15, 0.2) is 11.5 Å². The molecule has 36 heavy (non-hydrogen) atoms. The Labute approximate surface area is 214 Å². The van der Waals surface area contributed by atoms with Crippen molar-refractivity contribution in [3.8, 4) is 11.5 Å². The molecule has 3 amide bonds. The predicted molar refractivity (Wildman–Crippen MR) is 135 cm³/mol. The van der Waals surface area contributed by atoms with Crippen LogP contribution < -0.4 is 14.8 Å². The zero-order chi connectivity index (χ0) is 25.4. The molecule has 2 saturated heterocycles. The minimum absolute atomic E-state index is 0.0910. The Morgan fingerprint density at radius 1 is 1.14 bits per heavy atom. The summed E-state index contributed by atoms with van der Waals surface area (Å²) in [5.74, 6) is 1.24. The fraction of sp³-hybridized carbons (Fsp3) is 0.440. The normalized spacial score (nSPS) is 16.3. The van der Waals surface area contributed by atoms with Gasteiger partial charge in [0.25, 0.3) is 5.91 Å². The minimum Gasteiger partial charge on any atom is -0.493 e. The lowest BCUT2D eigenvalue weighted by atomic mass is 9.86. The maximum absolute atomic E-state index is 13.2. The molecule has 0 radical (unpaired) electrons. The molecule has 10 nitrogen and oxygen atoms in total. The van der Waals surface area contributed by atoms with Gasteiger partial charge in [0.1, 0.15) is 22.8 Å². The molecule has 1 N–H and O–H groups in total. The summed E-state index contributed by atoms with van der Waals surface area (Å²) in [5, 5.41) is 4.02. The molecule has 0 unspecified atom stereocenters. The first kappa shape index (κ1) is 24.2. The molecule has 3 aromatic rings. The van der Waals surface area contributed by atoms with E-state index in [-0.39, 0.29) is 17.5 Å². The van der Waals surface area contributed by atoms with Gasteiger partial charge in [-0.25, -0.2) is 14.8 Å². The van der Waals surface area contributed by atoms with Crippen LogP contribution in [0.5, 0.6) is 11.5 Å². The number of aromatic nitrogens is 3. The molecular weight excluding hydrogens is 484 g/mol. The molecule has 1 aromatic carbocycles. The van der Waals surface area contributed by atoms with Gasteiger partial charge in [-0.3, -0.25) is 4.79 Å². The number of halogens is 1. The molecule has 11 heteroatoms. The highest BCUT2D eigenvalue weighted by molar-refractivity contribution is 6.34. The van der Waals surface area contributed by atoms with Crippen molar-refractivity contribution < 1.29 is 19.1 Å². The van der Waals surface area contributed by atoms with Gasteiger partial charge >= 0.3 is 6.03 Å². The zero-order valence-corrected chi connectivity index (χ0v) is 21.3. The minimum atomic E-state index is -0.314. The summed E-state index contributed by atoms with van der Waals surface area (Å²) in [5.41, 5.74) is 1.85. The molecule has 0 saturated carbocycles. The largest absolute Gasteiger partial charge is 0.493 e. The number of urea groups is 1. The van der Waals surface area contributed by atoms with E-state index in [1.165, 1.54) is 6.33 Å². The molecule has 2 fully saturated rings. The molecule has 2 aliphatic heterocycles. The van der Waals surface area contributed by atoms with Crippen molar-refractivity contribution in [1.82, 2.24) is 29.7 Å². The summed E-state index contributed by atoms with van der Waals surface area (Å²) in [6.45, 7) is 2.20. The van der Waals surface area contributed by atoms with Crippen molar-refractivity contribution in [2.75, 3.05) is 40.4 Å². The van der Waals surface area contributed by atoms with E-state index in [9.17, 15) is 9.59 Å². The Bertz CT molecular complexity index is 1320. The lowest BCUT2D eigenvalue weighted by Crippen LogP contribution is -2.70. The number of hydrogen-bond donors (Lipinski definition) is 1. The highest BCUT2D eigenvalue weighted by atomic mass is 35.5. The van der Waals surface area contributed by atoms with Crippen molar-refractivity contribution in [1.29, 1.82) is 0 Å². The smallest absolute Gasteiger partial charge is 0.317 e. The van der Waals surface area contributed by atoms with Gasteiger partial charge in [0.05, 0.1) is 25.1 Å². The van der Waals surface area contributed by atoms with E-state index in [4.69, 9.17) is 21.1 Å². The van der Waals surface area contributed by atoms with Crippen LogP contribution in [0.1, 0.15) is 28.9 Å². The van der Waals surface area contributed by atoms with Gasteiger partial charge in [0.2, 0.25) is 0 Å². The number of likely N-dealkylation sites (tertiary alicyclic amines) is 2. The number of carbonyl (C=O) groups is 2. The third-order valence-corrected chi connectivity index (χ3v) is 7.53. The van der Waals surface area contributed by atoms with Crippen LogP contribution in [0.15, 0.2) is 30.6 Å². The fourth-order valence-corrected chi connectivity index (χ4v) is 5.49. The number of aryl methyl sites for hydroxylation is 1. The number of ether oxygens (including phenoxy) is 2. The second-order valence-electron chi connectivity index (χ2n) is 9.30. The maximum atomic E-state index is 13.2. The van der Waals surface area contributed by atoms with Gasteiger partial charge in [-0.05, 0) is 43.0 Å². The number of methoxy groups -OCH3 is 2. The van der Waals surface area contributed by atoms with Crippen LogP contribution in [0.3, 0.4) is 0 Å². The van der Waals surface area contributed by atoms with Gasteiger partial charge in [0, 0.05) is 33.2 Å². The van der Waals surface area contributed by atoms with Crippen LogP contribution in [-0.4, -0.2) is 82.2 Å². The highest BCUT2D eigenvalue weighted by Gasteiger charge is 2.53. The van der Waals surface area contributed by atoms with E-state index < -0.39 is 0 Å². The molecule has 5 rings (SSSR count). The van der Waals surface area contributed by atoms with Crippen molar-refractivity contribution in [3.05, 3.63) is 47.0 Å². The number of rotatable bonds is 6. The number of nitrogens with one attached hydrogen (secondary N) is 1. The third-order valence-electron chi connectivity index (χ3n) is 7.23. The first-order valence-electron chi connectivity index (χ1n) is 11.9. The van der Waals surface area contributed by atoms with Gasteiger partial charge < -0.3 is 29.2 Å². The lowest BCUT2D eigenvalue weighted by Gasteiger charge is -2.52. The zero-order valence-electron chi connectivity index (χ0n) is 20.6. The second kappa shape index (κ2) is 9.50. The number of carbonyl (C=O) groups excluding carboxylic acids is 2. The summed E-state index contributed by atoms with van der Waals surface area (Å²) in [6, 6.07) is 7.39. The number of fused-ring (bicyclic) bond motifs is 1. The molecule has 0 bridgehead atoms. The fourth-order valence-electron chi connectivity index (χ4n) is 5.31. The number of nitrogens with zero attached hydrogens (tertiary/aromatic N) is 5. The maximum Gasteiger partial charge on any atom is 0.317 e. The molecule has 2 aliphatic rings. The summed E-state index contributed by atoms with van der Waals surface area (Å²) in [7, 11) is 5.00. The third kappa shape index (κ3) is 4.09. The highest BCUT2D eigenvalue weighted by Crippen LogP contribution is 2.39. The number of hydrogen-bond acceptors (Lipinski definition) is 6. The van der Waals surface area contributed by atoms with E-state index >= 15 is 0 Å². The molecule has 1 spiro atoms. The van der Waals surface area contributed by atoms with Crippen LogP contribution >= 0.6 is 11.6 Å². The molecule has 0 aliphatic carbocycles. The Balaban J connectivity index is 1.20. The van der Waals surface area contributed by atoms with Crippen LogP contribution in [-0.2, 0) is 13.5 Å². The summed E-state index contributed by atoms with van der Waals surface area (Å²) < 4.78 is 12.4. The van der Waals surface area contributed by atoms with E-state index in [0.717, 1.165) is 18.4 Å². The molecule has 190 valence electrons. The Kier molecular flexibility index (Phi) is 6.38. The Morgan fingerprint density at radius 3 is 2.64 bits per heavy atom. The van der Waals surface area contributed by atoms with Gasteiger partial charge in [-0.1, -0.05) is 17.7 Å². The topological polar surface area (TPSA) is 102 Å². The molecule has 2 aromatic heterocycles. The average Bonchev–Trinajstić information content (AvgIpc) is 3.45. The molecule has 4 heterocycles. The van der Waals surface area contributed by atoms with E-state index in [0.29, 0.717) is 66.0 Å². The summed E-state index contributed by atoms with van der Waals surface area (Å²) in [4.78, 5) is 38.2. The Morgan fingerprint density at radius 2 is 1.92 bits per heavy atom. The van der Waals surface area contributed by atoms with Crippen molar-refractivity contribution in [2.24, 2.45) is 7.05 Å². The standard InChI is InChI=1S/C25H29ClN6O4/c1-30-18(12-17-21(26)28-15-29-22(17)30)23(33)31-13-25(14-31)8-4-10-32(25)24(34)27-9-7-16-5-6-19(35-2)20(11-16)36-3/h5-6,11-12,15H,4,7-10,13-14H2,1-3H3,(H,27,34). The average molecular weight is 513 g/mol. The van der Waals surface area contributed by atoms with Crippen LogP contribution in [0.4, 0.5) is 4.79 Å². The van der Waals surface area contributed by atoms with Crippen LogP contribution in [0.25, 0.3) is 11.0 Å². The molecular formula is C25H29ClN6O4. The van der Waals surface area contributed by atoms with Crippen molar-refractivity contribution in [2.45, 2.75) is 24.8 Å². The lowest BCUT2D eigenvalue weighted by molar-refractivity contribution is -0.00232. The first-order valence-corrected chi connectivity index (χ1v) is 12.3. The van der Waals surface area contributed by atoms with E-state index in [1.807, 2.05) is 23.1 Å². The van der Waals surface area contributed by atoms with E-state index in [1.54, 1.807) is 36.8 Å². The summed E-state index contributed by atoms with van der Waals surface area (Å²) >= 11 is 6.18. The number of amides is 3. The van der Waals surface area contributed by atoms with Gasteiger partial charge in [-0.2, -0.15) is 0 Å². The summed E-state index contributed by atoms with van der Waals surface area (Å²) in [6.07, 6.45) is 3.86. The van der Waals surface area contributed by atoms with Crippen molar-refractivity contribution in [3.63, 3.8) is 0 Å². The molecule has 0 atom stereocenters. The van der Waals surface area contributed by atoms with Crippen molar-refractivity contribution >= 4 is 34.6 Å².